The fourth-order valence-corrected chi connectivity index (χ4v) is 3.52. The highest BCUT2D eigenvalue weighted by Gasteiger charge is 2.37. The monoisotopic (exact) mass is 338 g/mol. The van der Waals surface area contributed by atoms with Gasteiger partial charge in [0.05, 0.1) is 5.02 Å². The first-order valence-electron chi connectivity index (χ1n) is 8.54. The predicted molar refractivity (Wildman–Crippen MR) is 89.7 cm³/mol. The van der Waals surface area contributed by atoms with Gasteiger partial charge in [0, 0.05) is 31.6 Å². The molecule has 0 spiro atoms. The molecule has 1 aliphatic carbocycles. The molecule has 1 amide bonds. The van der Waals surface area contributed by atoms with Gasteiger partial charge in [-0.05, 0) is 42.9 Å². The van der Waals surface area contributed by atoms with E-state index < -0.39 is 0 Å². The number of amides is 1. The van der Waals surface area contributed by atoms with Crippen molar-refractivity contribution in [1.29, 1.82) is 0 Å². The molecule has 2 aliphatic rings. The molecule has 5 heteroatoms. The molecule has 1 aliphatic heterocycles. The Morgan fingerprint density at radius 2 is 2.17 bits per heavy atom. The zero-order valence-electron chi connectivity index (χ0n) is 13.5. The average molecular weight is 339 g/mol. The van der Waals surface area contributed by atoms with E-state index in [9.17, 15) is 9.18 Å². The summed E-state index contributed by atoms with van der Waals surface area (Å²) in [6.07, 6.45) is 4.14. The zero-order valence-corrected chi connectivity index (χ0v) is 14.3. The van der Waals surface area contributed by atoms with Crippen LogP contribution in [0.3, 0.4) is 0 Å². The molecular weight excluding hydrogens is 315 g/mol. The fraction of sp³-hybridized carbons (Fsp3) is 0.611. The molecule has 126 valence electrons. The van der Waals surface area contributed by atoms with Crippen LogP contribution in [0.4, 0.5) is 4.39 Å². The molecule has 23 heavy (non-hydrogen) atoms. The first-order valence-corrected chi connectivity index (χ1v) is 8.92. The van der Waals surface area contributed by atoms with Gasteiger partial charge in [0.25, 0.3) is 0 Å². The van der Waals surface area contributed by atoms with Crippen LogP contribution in [0.1, 0.15) is 38.2 Å². The van der Waals surface area contributed by atoms with Crippen LogP contribution in [-0.4, -0.2) is 29.9 Å². The first-order chi connectivity index (χ1) is 11.1. The van der Waals surface area contributed by atoms with Gasteiger partial charge in [0.1, 0.15) is 5.82 Å². The summed E-state index contributed by atoms with van der Waals surface area (Å²) in [5.41, 5.74) is 0.901. The number of nitrogens with one attached hydrogen (secondary N) is 1. The summed E-state index contributed by atoms with van der Waals surface area (Å²) in [5.74, 6) is 0.738. The van der Waals surface area contributed by atoms with Gasteiger partial charge in [-0.3, -0.25) is 4.79 Å². The summed E-state index contributed by atoms with van der Waals surface area (Å²) in [6.45, 7) is 4.48. The Balaban J connectivity index is 1.55. The molecule has 1 saturated carbocycles. The number of likely N-dealkylation sites (tertiary alicyclic amines) is 1. The van der Waals surface area contributed by atoms with Crippen molar-refractivity contribution < 1.29 is 9.18 Å². The molecule has 0 bridgehead atoms. The van der Waals surface area contributed by atoms with Gasteiger partial charge in [-0.25, -0.2) is 4.39 Å². The van der Waals surface area contributed by atoms with E-state index in [0.29, 0.717) is 30.3 Å². The first kappa shape index (κ1) is 16.7. The Bertz CT molecular complexity index is 576. The average Bonchev–Trinajstić information content (AvgIpc) is 3.40. The molecule has 1 saturated heterocycles. The standard InChI is InChI=1S/C18H24ClFN2O/c1-2-13-11-22(18(23)14-4-5-14)8-7-17(13)21-10-12-3-6-15(19)16(20)9-12/h3,6,9,13-14,17,21H,2,4-5,7-8,10-11H2,1H3. The molecule has 2 unspecified atom stereocenters. The van der Waals surface area contributed by atoms with E-state index in [0.717, 1.165) is 44.3 Å². The largest absolute Gasteiger partial charge is 0.342 e. The van der Waals surface area contributed by atoms with Crippen molar-refractivity contribution in [2.45, 2.75) is 45.2 Å². The number of halogens is 2. The van der Waals surface area contributed by atoms with Crippen molar-refractivity contribution in [2.75, 3.05) is 13.1 Å². The summed E-state index contributed by atoms with van der Waals surface area (Å²) in [6, 6.07) is 5.32. The summed E-state index contributed by atoms with van der Waals surface area (Å²) in [4.78, 5) is 14.3. The minimum Gasteiger partial charge on any atom is -0.342 e. The Hall–Kier alpha value is -1.13. The molecule has 3 rings (SSSR count). The molecule has 1 aromatic rings. The second-order valence-corrected chi connectivity index (χ2v) is 7.16. The van der Waals surface area contributed by atoms with Gasteiger partial charge in [-0.15, -0.1) is 0 Å². The van der Waals surface area contributed by atoms with Gasteiger partial charge < -0.3 is 10.2 Å². The lowest BCUT2D eigenvalue weighted by Crippen LogP contribution is -2.51. The van der Waals surface area contributed by atoms with Crippen LogP contribution in [0.25, 0.3) is 0 Å². The Labute approximate surface area is 142 Å². The van der Waals surface area contributed by atoms with Crippen molar-refractivity contribution in [3.8, 4) is 0 Å². The van der Waals surface area contributed by atoms with E-state index in [-0.39, 0.29) is 10.8 Å². The number of nitrogens with zero attached hydrogens (tertiary/aromatic N) is 1. The highest BCUT2D eigenvalue weighted by atomic mass is 35.5. The molecule has 2 atom stereocenters. The van der Waals surface area contributed by atoms with Gasteiger partial charge in [-0.2, -0.15) is 0 Å². The van der Waals surface area contributed by atoms with Gasteiger partial charge in [0.2, 0.25) is 5.91 Å². The SMILES string of the molecule is CCC1CN(C(=O)C2CC2)CCC1NCc1ccc(Cl)c(F)c1. The van der Waals surface area contributed by atoms with E-state index in [1.807, 2.05) is 11.0 Å². The second kappa shape index (κ2) is 7.18. The van der Waals surface area contributed by atoms with Crippen LogP contribution in [-0.2, 0) is 11.3 Å². The normalized spacial score (nSPS) is 24.7. The summed E-state index contributed by atoms with van der Waals surface area (Å²) in [5, 5.41) is 3.70. The molecule has 1 aromatic carbocycles. The number of hydrogen-bond acceptors (Lipinski definition) is 2. The number of rotatable bonds is 5. The Morgan fingerprint density at radius 3 is 2.83 bits per heavy atom. The van der Waals surface area contributed by atoms with E-state index in [1.165, 1.54) is 6.07 Å². The lowest BCUT2D eigenvalue weighted by Gasteiger charge is -2.39. The molecular formula is C18H24ClFN2O. The Morgan fingerprint density at radius 1 is 1.39 bits per heavy atom. The van der Waals surface area contributed by atoms with Crippen LogP contribution in [0.15, 0.2) is 18.2 Å². The van der Waals surface area contributed by atoms with E-state index in [1.54, 1.807) is 6.07 Å². The number of piperidine rings is 1. The van der Waals surface area contributed by atoms with Crippen molar-refractivity contribution in [3.05, 3.63) is 34.6 Å². The van der Waals surface area contributed by atoms with Gasteiger partial charge in [-0.1, -0.05) is 31.0 Å². The molecule has 0 radical (unpaired) electrons. The maximum absolute atomic E-state index is 13.5. The number of carbonyl (C=O) groups excluding carboxylic acids is 1. The summed E-state index contributed by atoms with van der Waals surface area (Å²) in [7, 11) is 0. The van der Waals surface area contributed by atoms with Crippen molar-refractivity contribution >= 4 is 17.5 Å². The quantitative estimate of drug-likeness (QED) is 0.889. The third kappa shape index (κ3) is 4.04. The van der Waals surface area contributed by atoms with Crippen molar-refractivity contribution in [1.82, 2.24) is 10.2 Å². The van der Waals surface area contributed by atoms with Crippen LogP contribution < -0.4 is 5.32 Å². The second-order valence-electron chi connectivity index (χ2n) is 6.75. The highest BCUT2D eigenvalue weighted by Crippen LogP contribution is 2.33. The predicted octanol–water partition coefficient (Wildman–Crippen LogP) is 3.61. The molecule has 2 fully saturated rings. The smallest absolute Gasteiger partial charge is 0.225 e. The minimum absolute atomic E-state index is 0.159. The topological polar surface area (TPSA) is 32.3 Å². The molecule has 1 N–H and O–H groups in total. The maximum Gasteiger partial charge on any atom is 0.225 e. The molecule has 3 nitrogen and oxygen atoms in total. The highest BCUT2D eigenvalue weighted by molar-refractivity contribution is 6.30. The van der Waals surface area contributed by atoms with Crippen LogP contribution >= 0.6 is 11.6 Å². The molecule has 0 aromatic heterocycles. The lowest BCUT2D eigenvalue weighted by atomic mass is 9.89. The van der Waals surface area contributed by atoms with Crippen molar-refractivity contribution in [2.24, 2.45) is 11.8 Å². The summed E-state index contributed by atoms with van der Waals surface area (Å²) >= 11 is 5.72. The van der Waals surface area contributed by atoms with E-state index in [4.69, 9.17) is 11.6 Å². The van der Waals surface area contributed by atoms with Crippen LogP contribution in [0.2, 0.25) is 5.02 Å². The third-order valence-corrected chi connectivity index (χ3v) is 5.36. The number of carbonyl (C=O) groups is 1. The number of hydrogen-bond donors (Lipinski definition) is 1. The number of benzene rings is 1. The van der Waals surface area contributed by atoms with Crippen molar-refractivity contribution in [3.63, 3.8) is 0 Å². The fourth-order valence-electron chi connectivity index (χ4n) is 3.40. The maximum atomic E-state index is 13.5. The van der Waals surface area contributed by atoms with Crippen LogP contribution in [0, 0.1) is 17.7 Å². The molecule has 1 heterocycles. The van der Waals surface area contributed by atoms with Gasteiger partial charge >= 0.3 is 0 Å². The minimum atomic E-state index is -0.372. The zero-order chi connectivity index (χ0) is 16.4. The Kier molecular flexibility index (Phi) is 5.22. The van der Waals surface area contributed by atoms with Gasteiger partial charge in [0.15, 0.2) is 0 Å². The lowest BCUT2D eigenvalue weighted by molar-refractivity contribution is -0.134. The summed E-state index contributed by atoms with van der Waals surface area (Å²) < 4.78 is 13.5. The van der Waals surface area contributed by atoms with Crippen LogP contribution in [0.5, 0.6) is 0 Å². The third-order valence-electron chi connectivity index (χ3n) is 5.05. The van der Waals surface area contributed by atoms with E-state index in [2.05, 4.69) is 12.2 Å². The van der Waals surface area contributed by atoms with E-state index >= 15 is 0 Å².